The normalized spacial score (nSPS) is 17.0. The van der Waals surface area contributed by atoms with E-state index in [4.69, 9.17) is 16.3 Å². The number of rotatable bonds is 3. The minimum absolute atomic E-state index is 0.107. The number of amides is 2. The van der Waals surface area contributed by atoms with Gasteiger partial charge in [-0.3, -0.25) is 9.59 Å². The van der Waals surface area contributed by atoms with Gasteiger partial charge in [0.1, 0.15) is 5.60 Å². The van der Waals surface area contributed by atoms with Gasteiger partial charge in [-0.15, -0.1) is 0 Å². The Balaban J connectivity index is 2.26. The molecule has 0 saturated heterocycles. The Bertz CT molecular complexity index is 786. The Morgan fingerprint density at radius 2 is 2.07 bits per heavy atom. The molecule has 2 amide bonds. The topological polar surface area (TPSA) is 79.3 Å². The zero-order chi connectivity index (χ0) is 20.4. The number of ether oxygens (including phenoxy) is 1. The number of hydrogen-bond donors (Lipinski definition) is 0. The molecule has 1 aromatic rings. The molecule has 1 aromatic carbocycles. The third-order valence-electron chi connectivity index (χ3n) is 3.91. The van der Waals surface area contributed by atoms with Crippen molar-refractivity contribution in [3.63, 3.8) is 0 Å². The Hall–Kier alpha value is -2.41. The van der Waals surface area contributed by atoms with E-state index in [0.717, 1.165) is 5.01 Å². The van der Waals surface area contributed by atoms with Crippen LogP contribution in [0.3, 0.4) is 0 Å². The SMILES string of the molecule is CCC(=O)N1CC(C=NN(C)C(=O)OC(C)(C)C)C(=O)c2cc(Cl)ccc21. The summed E-state index contributed by atoms with van der Waals surface area (Å²) in [7, 11) is 1.44. The van der Waals surface area contributed by atoms with Gasteiger partial charge in [0.2, 0.25) is 5.91 Å². The van der Waals surface area contributed by atoms with Crippen LogP contribution in [-0.2, 0) is 9.53 Å². The summed E-state index contributed by atoms with van der Waals surface area (Å²) in [6.07, 6.45) is 1.04. The number of nitrogens with zero attached hydrogens (tertiary/aromatic N) is 3. The van der Waals surface area contributed by atoms with Crippen molar-refractivity contribution in [1.29, 1.82) is 0 Å². The lowest BCUT2D eigenvalue weighted by Crippen LogP contribution is -2.43. The van der Waals surface area contributed by atoms with Crippen LogP contribution in [0.5, 0.6) is 0 Å². The van der Waals surface area contributed by atoms with Gasteiger partial charge in [-0.2, -0.15) is 5.10 Å². The summed E-state index contributed by atoms with van der Waals surface area (Å²) in [5.41, 5.74) is 0.259. The van der Waals surface area contributed by atoms with E-state index in [1.54, 1.807) is 50.8 Å². The third-order valence-corrected chi connectivity index (χ3v) is 4.15. The Morgan fingerprint density at radius 3 is 2.67 bits per heavy atom. The molecule has 0 radical (unpaired) electrons. The Labute approximate surface area is 163 Å². The molecular formula is C19H24ClN3O4. The Morgan fingerprint density at radius 1 is 1.41 bits per heavy atom. The van der Waals surface area contributed by atoms with Crippen molar-refractivity contribution < 1.29 is 19.1 Å². The highest BCUT2D eigenvalue weighted by Crippen LogP contribution is 2.32. The monoisotopic (exact) mass is 393 g/mol. The van der Waals surface area contributed by atoms with Crippen LogP contribution < -0.4 is 4.90 Å². The highest BCUT2D eigenvalue weighted by Gasteiger charge is 2.34. The molecule has 1 atom stereocenters. The van der Waals surface area contributed by atoms with Crippen molar-refractivity contribution in [3.8, 4) is 0 Å². The highest BCUT2D eigenvalue weighted by atomic mass is 35.5. The lowest BCUT2D eigenvalue weighted by molar-refractivity contribution is -0.118. The molecule has 1 aliphatic rings. The molecule has 0 bridgehead atoms. The summed E-state index contributed by atoms with van der Waals surface area (Å²) in [5.74, 6) is -0.990. The van der Waals surface area contributed by atoms with E-state index in [1.807, 2.05) is 0 Å². The van der Waals surface area contributed by atoms with E-state index in [9.17, 15) is 14.4 Å². The van der Waals surface area contributed by atoms with Crippen LogP contribution >= 0.6 is 11.6 Å². The molecule has 0 saturated carbocycles. The second-order valence-corrected chi connectivity index (χ2v) is 7.70. The summed E-state index contributed by atoms with van der Waals surface area (Å²) in [6, 6.07) is 4.87. The summed E-state index contributed by atoms with van der Waals surface area (Å²) in [4.78, 5) is 38.7. The average molecular weight is 394 g/mol. The molecule has 7 nitrogen and oxygen atoms in total. The summed E-state index contributed by atoms with van der Waals surface area (Å²) in [6.45, 7) is 7.17. The van der Waals surface area contributed by atoms with E-state index in [2.05, 4.69) is 5.10 Å². The number of halogens is 1. The smallest absolute Gasteiger partial charge is 0.430 e. The number of ketones is 1. The van der Waals surface area contributed by atoms with Crippen LogP contribution in [0.25, 0.3) is 0 Å². The van der Waals surface area contributed by atoms with Crippen molar-refractivity contribution in [2.24, 2.45) is 11.0 Å². The molecule has 0 N–H and O–H groups in total. The number of Topliss-reactive ketones (excluding diaryl/α,β-unsaturated/α-hetero) is 1. The number of hydrogen-bond acceptors (Lipinski definition) is 5. The molecule has 1 heterocycles. The molecule has 0 fully saturated rings. The van der Waals surface area contributed by atoms with E-state index >= 15 is 0 Å². The second-order valence-electron chi connectivity index (χ2n) is 7.26. The van der Waals surface area contributed by atoms with E-state index in [1.165, 1.54) is 13.3 Å². The molecule has 8 heteroatoms. The summed E-state index contributed by atoms with van der Waals surface area (Å²) >= 11 is 6.02. The van der Waals surface area contributed by atoms with Gasteiger partial charge in [0, 0.05) is 36.8 Å². The number of carbonyl (C=O) groups is 3. The van der Waals surface area contributed by atoms with Crippen molar-refractivity contribution in [1.82, 2.24) is 5.01 Å². The van der Waals surface area contributed by atoms with E-state index in [-0.39, 0.29) is 18.2 Å². The largest absolute Gasteiger partial charge is 0.442 e. The van der Waals surface area contributed by atoms with Crippen molar-refractivity contribution >= 4 is 41.3 Å². The maximum absolute atomic E-state index is 12.8. The summed E-state index contributed by atoms with van der Waals surface area (Å²) < 4.78 is 5.22. The predicted octanol–water partition coefficient (Wildman–Crippen LogP) is 3.75. The lowest BCUT2D eigenvalue weighted by atomic mass is 9.91. The van der Waals surface area contributed by atoms with Crippen molar-refractivity contribution in [2.45, 2.75) is 39.7 Å². The maximum atomic E-state index is 12.8. The maximum Gasteiger partial charge on any atom is 0.430 e. The van der Waals surface area contributed by atoms with E-state index < -0.39 is 17.6 Å². The number of benzene rings is 1. The van der Waals surface area contributed by atoms with Crippen LogP contribution in [0.1, 0.15) is 44.5 Å². The number of carbonyl (C=O) groups excluding carboxylic acids is 3. The van der Waals surface area contributed by atoms with Gasteiger partial charge < -0.3 is 9.64 Å². The fourth-order valence-corrected chi connectivity index (χ4v) is 2.79. The number of hydrazone groups is 1. The molecule has 27 heavy (non-hydrogen) atoms. The molecule has 0 aliphatic carbocycles. The average Bonchev–Trinajstić information content (AvgIpc) is 2.59. The zero-order valence-electron chi connectivity index (χ0n) is 16.2. The molecule has 2 rings (SSSR count). The molecular weight excluding hydrogens is 370 g/mol. The van der Waals surface area contributed by atoms with Crippen molar-refractivity contribution in [3.05, 3.63) is 28.8 Å². The fraction of sp³-hybridized carbons (Fsp3) is 0.474. The molecule has 1 aliphatic heterocycles. The highest BCUT2D eigenvalue weighted by molar-refractivity contribution is 6.31. The lowest BCUT2D eigenvalue weighted by Gasteiger charge is -2.32. The molecule has 1 unspecified atom stereocenters. The number of anilines is 1. The predicted molar refractivity (Wildman–Crippen MR) is 104 cm³/mol. The standard InChI is InChI=1S/C19H24ClN3O4/c1-6-16(24)23-11-12(10-21-22(5)18(26)27-19(2,3)4)17(25)14-9-13(20)7-8-15(14)23/h7-10,12H,6,11H2,1-5H3. The fourth-order valence-electron chi connectivity index (χ4n) is 2.62. The first-order valence-electron chi connectivity index (χ1n) is 8.68. The van der Waals surface area contributed by atoms with Gasteiger partial charge in [0.05, 0.1) is 11.6 Å². The van der Waals surface area contributed by atoms with Gasteiger partial charge >= 0.3 is 6.09 Å². The first-order valence-corrected chi connectivity index (χ1v) is 9.06. The van der Waals surface area contributed by atoms with E-state index in [0.29, 0.717) is 22.7 Å². The van der Waals surface area contributed by atoms with Crippen LogP contribution in [0, 0.1) is 5.92 Å². The third kappa shape index (κ3) is 5.07. The number of fused-ring (bicyclic) bond motifs is 1. The first kappa shape index (κ1) is 20.9. The quantitative estimate of drug-likeness (QED) is 0.578. The Kier molecular flexibility index (Phi) is 6.26. The van der Waals surface area contributed by atoms with Gasteiger partial charge in [-0.05, 0) is 39.0 Å². The van der Waals surface area contributed by atoms with Gasteiger partial charge in [0.25, 0.3) is 0 Å². The van der Waals surface area contributed by atoms with Gasteiger partial charge in [-0.25, -0.2) is 9.80 Å². The minimum Gasteiger partial charge on any atom is -0.442 e. The second kappa shape index (κ2) is 8.08. The first-order chi connectivity index (χ1) is 12.5. The van der Waals surface area contributed by atoms with Gasteiger partial charge in [0.15, 0.2) is 5.78 Å². The molecule has 0 spiro atoms. The molecule has 0 aromatic heterocycles. The van der Waals surface area contributed by atoms with Crippen LogP contribution in [0.2, 0.25) is 5.02 Å². The summed E-state index contributed by atoms with van der Waals surface area (Å²) in [5, 5.41) is 5.48. The van der Waals surface area contributed by atoms with Crippen LogP contribution in [0.15, 0.2) is 23.3 Å². The minimum atomic E-state index is -0.684. The zero-order valence-corrected chi connectivity index (χ0v) is 16.9. The van der Waals surface area contributed by atoms with Crippen molar-refractivity contribution in [2.75, 3.05) is 18.5 Å². The van der Waals surface area contributed by atoms with Gasteiger partial charge in [-0.1, -0.05) is 18.5 Å². The van der Waals surface area contributed by atoms with Crippen LogP contribution in [0.4, 0.5) is 10.5 Å². The molecule has 146 valence electrons. The van der Waals surface area contributed by atoms with Crippen LogP contribution in [-0.4, -0.2) is 48.2 Å².